The van der Waals surface area contributed by atoms with E-state index in [4.69, 9.17) is 5.21 Å². The van der Waals surface area contributed by atoms with Gasteiger partial charge in [0, 0.05) is 32.2 Å². The van der Waals surface area contributed by atoms with Gasteiger partial charge in [0.1, 0.15) is 15.9 Å². The van der Waals surface area contributed by atoms with Gasteiger partial charge in [-0.25, -0.2) is 13.9 Å². The minimum absolute atomic E-state index is 0.0212. The summed E-state index contributed by atoms with van der Waals surface area (Å²) in [6.45, 7) is 0.542. The van der Waals surface area contributed by atoms with Crippen molar-refractivity contribution in [3.05, 3.63) is 0 Å². The number of sulfone groups is 1. The van der Waals surface area contributed by atoms with Crippen molar-refractivity contribution in [2.45, 2.75) is 63.8 Å². The Morgan fingerprint density at radius 2 is 1.79 bits per heavy atom. The van der Waals surface area contributed by atoms with Crippen molar-refractivity contribution >= 4 is 27.6 Å². The molecular weight excluding hydrogens is 386 g/mol. The zero-order valence-corrected chi connectivity index (χ0v) is 17.6. The summed E-state index contributed by atoms with van der Waals surface area (Å²) in [6, 6.07) is -0.963. The van der Waals surface area contributed by atoms with Gasteiger partial charge in [-0.3, -0.25) is 19.6 Å². The van der Waals surface area contributed by atoms with E-state index in [-0.39, 0.29) is 24.5 Å². The lowest BCUT2D eigenvalue weighted by atomic mass is 9.95. The summed E-state index contributed by atoms with van der Waals surface area (Å²) >= 11 is 0. The topological polar surface area (TPSA) is 133 Å². The second-order valence-corrected chi connectivity index (χ2v) is 9.85. The molecule has 10 heteroatoms. The number of nitrogens with zero attached hydrogens (tertiary/aromatic N) is 1. The second kappa shape index (κ2) is 12.0. The van der Waals surface area contributed by atoms with Crippen LogP contribution in [0.4, 0.5) is 0 Å². The van der Waals surface area contributed by atoms with Crippen LogP contribution in [-0.4, -0.2) is 67.9 Å². The van der Waals surface area contributed by atoms with Gasteiger partial charge in [0.2, 0.25) is 17.7 Å². The summed E-state index contributed by atoms with van der Waals surface area (Å²) < 4.78 is 23.1. The molecule has 162 valence electrons. The maximum absolute atomic E-state index is 12.8. The Bertz CT molecular complexity index is 637. The van der Waals surface area contributed by atoms with Crippen LogP contribution in [0.2, 0.25) is 0 Å². The highest BCUT2D eigenvalue weighted by Crippen LogP contribution is 2.17. The smallest absolute Gasteiger partial charge is 0.244 e. The van der Waals surface area contributed by atoms with E-state index in [0.29, 0.717) is 13.0 Å². The van der Waals surface area contributed by atoms with Crippen LogP contribution in [0.15, 0.2) is 0 Å². The number of nitrogens with one attached hydrogen (secondary N) is 2. The monoisotopic (exact) mass is 419 g/mol. The molecule has 2 unspecified atom stereocenters. The first kappa shape index (κ1) is 24.4. The zero-order valence-electron chi connectivity index (χ0n) is 16.8. The first-order valence-corrected chi connectivity index (χ1v) is 11.9. The van der Waals surface area contributed by atoms with Gasteiger partial charge in [-0.15, -0.1) is 0 Å². The van der Waals surface area contributed by atoms with Crippen LogP contribution in [-0.2, 0) is 24.2 Å². The number of rotatable bonds is 5. The third kappa shape index (κ3) is 9.50. The molecular formula is C18H33N3O6S. The average Bonchev–Trinajstić information content (AvgIpc) is 2.63. The van der Waals surface area contributed by atoms with Gasteiger partial charge in [0.05, 0.1) is 5.75 Å². The molecule has 1 aliphatic rings. The zero-order chi connectivity index (χ0) is 21.2. The number of carbonyl (C=O) groups excluding carboxylic acids is 3. The molecule has 2 atom stereocenters. The van der Waals surface area contributed by atoms with E-state index in [0.717, 1.165) is 44.8 Å². The van der Waals surface area contributed by atoms with E-state index in [2.05, 4.69) is 5.32 Å². The highest BCUT2D eigenvalue weighted by Gasteiger charge is 2.29. The molecule has 1 heterocycles. The third-order valence-corrected chi connectivity index (χ3v) is 5.97. The Morgan fingerprint density at radius 1 is 1.18 bits per heavy atom. The van der Waals surface area contributed by atoms with Crippen molar-refractivity contribution in [2.24, 2.45) is 5.92 Å². The fourth-order valence-electron chi connectivity index (χ4n) is 3.30. The van der Waals surface area contributed by atoms with Gasteiger partial charge in [-0.05, 0) is 19.3 Å². The van der Waals surface area contributed by atoms with Gasteiger partial charge in [0.15, 0.2) is 0 Å². The van der Waals surface area contributed by atoms with Crippen LogP contribution < -0.4 is 10.8 Å². The minimum atomic E-state index is -3.30. The summed E-state index contributed by atoms with van der Waals surface area (Å²) in [6.07, 6.45) is 6.95. The van der Waals surface area contributed by atoms with Crippen molar-refractivity contribution in [3.8, 4) is 0 Å². The fraction of sp³-hybridized carbons (Fsp3) is 0.833. The highest BCUT2D eigenvalue weighted by molar-refractivity contribution is 7.90. The fourth-order valence-corrected chi connectivity index (χ4v) is 3.96. The lowest BCUT2D eigenvalue weighted by molar-refractivity contribution is -0.138. The molecule has 0 aromatic heterocycles. The van der Waals surface area contributed by atoms with Crippen LogP contribution in [0.5, 0.6) is 0 Å². The molecule has 0 aromatic rings. The van der Waals surface area contributed by atoms with Crippen molar-refractivity contribution in [2.75, 3.05) is 25.6 Å². The molecule has 9 nitrogen and oxygen atoms in total. The molecule has 0 spiro atoms. The van der Waals surface area contributed by atoms with Crippen LogP contribution in [0.3, 0.4) is 0 Å². The SMILES string of the molecule is CN1CCCCCCCCC(CC(=O)NO)C(=O)NC(CCS(C)(=O)=O)C1=O. The number of likely N-dealkylation sites (N-methyl/N-ethyl adjacent to an activating group) is 1. The number of hydrogen-bond donors (Lipinski definition) is 3. The van der Waals surface area contributed by atoms with E-state index in [9.17, 15) is 22.8 Å². The Hall–Kier alpha value is -1.68. The molecule has 3 N–H and O–H groups in total. The lowest BCUT2D eigenvalue weighted by Crippen LogP contribution is -2.50. The van der Waals surface area contributed by atoms with Crippen LogP contribution >= 0.6 is 0 Å². The molecule has 0 aliphatic carbocycles. The predicted octanol–water partition coefficient (Wildman–Crippen LogP) is 0.620. The minimum Gasteiger partial charge on any atom is -0.344 e. The van der Waals surface area contributed by atoms with Gasteiger partial charge in [-0.2, -0.15) is 0 Å². The highest BCUT2D eigenvalue weighted by atomic mass is 32.2. The third-order valence-electron chi connectivity index (χ3n) is 4.99. The maximum atomic E-state index is 12.8. The molecule has 1 saturated heterocycles. The average molecular weight is 420 g/mol. The van der Waals surface area contributed by atoms with E-state index in [1.165, 1.54) is 10.4 Å². The van der Waals surface area contributed by atoms with Crippen LogP contribution in [0.1, 0.15) is 57.8 Å². The largest absolute Gasteiger partial charge is 0.344 e. The quantitative estimate of drug-likeness (QED) is 0.442. The van der Waals surface area contributed by atoms with Gasteiger partial charge >= 0.3 is 0 Å². The molecule has 28 heavy (non-hydrogen) atoms. The maximum Gasteiger partial charge on any atom is 0.244 e. The summed E-state index contributed by atoms with van der Waals surface area (Å²) in [5.41, 5.74) is 1.54. The summed E-state index contributed by atoms with van der Waals surface area (Å²) in [5.74, 6) is -2.38. The molecule has 3 amide bonds. The number of hydroxylamine groups is 1. The molecule has 1 fully saturated rings. The van der Waals surface area contributed by atoms with Gasteiger partial charge in [0.25, 0.3) is 0 Å². The van der Waals surface area contributed by atoms with Crippen molar-refractivity contribution in [1.29, 1.82) is 0 Å². The van der Waals surface area contributed by atoms with Crippen LogP contribution in [0.25, 0.3) is 0 Å². The lowest BCUT2D eigenvalue weighted by Gasteiger charge is -2.26. The molecule has 0 saturated carbocycles. The Balaban J connectivity index is 2.98. The van der Waals surface area contributed by atoms with Crippen molar-refractivity contribution in [3.63, 3.8) is 0 Å². The molecule has 0 aromatic carbocycles. The Labute approximate surface area is 167 Å². The van der Waals surface area contributed by atoms with E-state index in [1.54, 1.807) is 7.05 Å². The molecule has 1 aliphatic heterocycles. The van der Waals surface area contributed by atoms with E-state index >= 15 is 0 Å². The first-order valence-electron chi connectivity index (χ1n) is 9.80. The van der Waals surface area contributed by atoms with E-state index < -0.39 is 33.6 Å². The number of hydrogen-bond acceptors (Lipinski definition) is 6. The summed E-state index contributed by atoms with van der Waals surface area (Å²) in [4.78, 5) is 38.6. The van der Waals surface area contributed by atoms with Gasteiger partial charge in [-0.1, -0.05) is 32.1 Å². The summed E-state index contributed by atoms with van der Waals surface area (Å²) in [7, 11) is -1.66. The normalized spacial score (nSPS) is 23.6. The first-order chi connectivity index (χ1) is 13.1. The van der Waals surface area contributed by atoms with E-state index in [1.807, 2.05) is 0 Å². The molecule has 0 radical (unpaired) electrons. The Morgan fingerprint density at radius 3 is 2.39 bits per heavy atom. The molecule has 1 rings (SSSR count). The predicted molar refractivity (Wildman–Crippen MR) is 104 cm³/mol. The van der Waals surface area contributed by atoms with Crippen molar-refractivity contribution in [1.82, 2.24) is 15.7 Å². The second-order valence-electron chi connectivity index (χ2n) is 7.59. The molecule has 0 bridgehead atoms. The number of carbonyl (C=O) groups is 3. The number of amides is 3. The van der Waals surface area contributed by atoms with Crippen molar-refractivity contribution < 1.29 is 28.0 Å². The standard InChI is InChI=1S/C18H33N3O6S/c1-21-11-8-6-4-3-5-7-9-14(13-16(22)20-25)17(23)19-15(18(21)24)10-12-28(2,26)27/h14-15,25H,3-13H2,1-2H3,(H,19,23)(H,20,22). The van der Waals surface area contributed by atoms with Gasteiger partial charge < -0.3 is 10.2 Å². The summed E-state index contributed by atoms with van der Waals surface area (Å²) in [5, 5.41) is 11.4. The Kier molecular flexibility index (Phi) is 10.4. The van der Waals surface area contributed by atoms with Crippen LogP contribution in [0, 0.1) is 5.92 Å².